The van der Waals surface area contributed by atoms with Crippen molar-refractivity contribution in [3.63, 3.8) is 0 Å². The van der Waals surface area contributed by atoms with Crippen LogP contribution >= 0.6 is 0 Å². The topological polar surface area (TPSA) is 52.0 Å². The monoisotopic (exact) mass is 274 g/mol. The van der Waals surface area contributed by atoms with E-state index in [1.165, 1.54) is 0 Å². The molecule has 5 nitrogen and oxygen atoms in total. The summed E-state index contributed by atoms with van der Waals surface area (Å²) in [4.78, 5) is 8.37. The van der Waals surface area contributed by atoms with Gasteiger partial charge in [0.15, 0.2) is 0 Å². The minimum Gasteiger partial charge on any atom is -0.490 e. The van der Waals surface area contributed by atoms with E-state index in [4.69, 9.17) is 4.74 Å². The Morgan fingerprint density at radius 3 is 2.90 bits per heavy atom. The van der Waals surface area contributed by atoms with Crippen LogP contribution in [0.1, 0.15) is 19.5 Å². The fraction of sp³-hybridized carbons (Fsp3) is 0.467. The van der Waals surface area contributed by atoms with Crippen LogP contribution in [0.2, 0.25) is 0 Å². The van der Waals surface area contributed by atoms with Gasteiger partial charge in [0.05, 0.1) is 24.8 Å². The Bertz CT molecular complexity index is 479. The molecular formula is C15H22N4O. The predicted octanol–water partition coefficient (Wildman–Crippen LogP) is 2.10. The summed E-state index contributed by atoms with van der Waals surface area (Å²) in [6.45, 7) is 7.59. The van der Waals surface area contributed by atoms with Crippen LogP contribution < -0.4 is 10.1 Å². The molecule has 1 N–H and O–H groups in total. The van der Waals surface area contributed by atoms with Gasteiger partial charge in [-0.25, -0.2) is 4.98 Å². The van der Waals surface area contributed by atoms with Gasteiger partial charge in [-0.1, -0.05) is 13.8 Å². The van der Waals surface area contributed by atoms with Gasteiger partial charge >= 0.3 is 0 Å². The smallest absolute Gasteiger partial charge is 0.137 e. The molecule has 108 valence electrons. The number of nitrogens with one attached hydrogen (secondary N) is 1. The third-order valence-corrected chi connectivity index (χ3v) is 2.83. The molecule has 0 amide bonds. The van der Waals surface area contributed by atoms with Crippen molar-refractivity contribution in [2.75, 3.05) is 13.2 Å². The number of ether oxygens (including phenoxy) is 1. The summed E-state index contributed by atoms with van der Waals surface area (Å²) in [5.41, 5.74) is 1.03. The Morgan fingerprint density at radius 1 is 1.35 bits per heavy atom. The van der Waals surface area contributed by atoms with Crippen molar-refractivity contribution in [3.8, 4) is 5.75 Å². The molecule has 2 aromatic heterocycles. The Labute approximate surface area is 120 Å². The van der Waals surface area contributed by atoms with Crippen molar-refractivity contribution in [3.05, 3.63) is 42.7 Å². The molecule has 20 heavy (non-hydrogen) atoms. The second kappa shape index (κ2) is 7.65. The van der Waals surface area contributed by atoms with Gasteiger partial charge in [-0.2, -0.15) is 0 Å². The average molecular weight is 274 g/mol. The standard InChI is InChI=1S/C15H22N4O/c1-13(2)9-17-10-14-3-4-15(11-18-14)20-8-7-19-6-5-16-12-19/h3-6,11-13,17H,7-10H2,1-2H3. The minimum atomic E-state index is 0.614. The zero-order valence-corrected chi connectivity index (χ0v) is 12.1. The summed E-state index contributed by atoms with van der Waals surface area (Å²) >= 11 is 0. The van der Waals surface area contributed by atoms with Crippen LogP contribution in [0.4, 0.5) is 0 Å². The van der Waals surface area contributed by atoms with Gasteiger partial charge < -0.3 is 14.6 Å². The quantitative estimate of drug-likeness (QED) is 0.801. The molecule has 0 unspecified atom stereocenters. The summed E-state index contributed by atoms with van der Waals surface area (Å²) in [7, 11) is 0. The van der Waals surface area contributed by atoms with Gasteiger partial charge in [0.1, 0.15) is 12.4 Å². The maximum atomic E-state index is 5.65. The third kappa shape index (κ3) is 5.01. The second-order valence-corrected chi connectivity index (χ2v) is 5.16. The maximum Gasteiger partial charge on any atom is 0.137 e. The molecule has 2 heterocycles. The first-order valence-corrected chi connectivity index (χ1v) is 6.98. The molecule has 0 bridgehead atoms. The highest BCUT2D eigenvalue weighted by Gasteiger charge is 1.99. The lowest BCUT2D eigenvalue weighted by atomic mass is 10.2. The molecule has 0 atom stereocenters. The summed E-state index contributed by atoms with van der Waals surface area (Å²) in [6.07, 6.45) is 7.25. The van der Waals surface area contributed by atoms with Crippen LogP contribution in [0.25, 0.3) is 0 Å². The minimum absolute atomic E-state index is 0.614. The number of aromatic nitrogens is 3. The number of hydrogen-bond acceptors (Lipinski definition) is 4. The molecule has 0 aliphatic rings. The van der Waals surface area contributed by atoms with Gasteiger partial charge in [-0.05, 0) is 24.6 Å². The van der Waals surface area contributed by atoms with Crippen LogP contribution in [0.5, 0.6) is 5.75 Å². The molecule has 0 radical (unpaired) electrons. The first kappa shape index (κ1) is 14.5. The van der Waals surface area contributed by atoms with Crippen molar-refractivity contribution in [1.29, 1.82) is 0 Å². The molecule has 0 fully saturated rings. The third-order valence-electron chi connectivity index (χ3n) is 2.83. The SMILES string of the molecule is CC(C)CNCc1ccc(OCCn2ccnc2)cn1. The van der Waals surface area contributed by atoms with Crippen LogP contribution in [-0.2, 0) is 13.1 Å². The van der Waals surface area contributed by atoms with Gasteiger partial charge in [0, 0.05) is 18.9 Å². The van der Waals surface area contributed by atoms with E-state index < -0.39 is 0 Å². The molecule has 0 aliphatic carbocycles. The number of imidazole rings is 1. The van der Waals surface area contributed by atoms with E-state index in [9.17, 15) is 0 Å². The van der Waals surface area contributed by atoms with E-state index in [1.807, 2.05) is 22.9 Å². The highest BCUT2D eigenvalue weighted by Crippen LogP contribution is 2.09. The molecule has 0 saturated heterocycles. The molecule has 2 aromatic rings. The van der Waals surface area contributed by atoms with Crippen LogP contribution in [-0.4, -0.2) is 27.7 Å². The van der Waals surface area contributed by atoms with E-state index in [1.54, 1.807) is 18.7 Å². The van der Waals surface area contributed by atoms with E-state index in [0.29, 0.717) is 12.5 Å². The molecule has 0 spiro atoms. The lowest BCUT2D eigenvalue weighted by Gasteiger charge is -2.09. The lowest BCUT2D eigenvalue weighted by molar-refractivity contribution is 0.297. The second-order valence-electron chi connectivity index (χ2n) is 5.16. The number of rotatable bonds is 8. The zero-order chi connectivity index (χ0) is 14.2. The average Bonchev–Trinajstić information content (AvgIpc) is 2.93. The van der Waals surface area contributed by atoms with E-state index in [2.05, 4.69) is 29.1 Å². The van der Waals surface area contributed by atoms with Gasteiger partial charge in [-0.3, -0.25) is 4.98 Å². The molecule has 5 heteroatoms. The van der Waals surface area contributed by atoms with Crippen molar-refractivity contribution in [2.24, 2.45) is 5.92 Å². The Kier molecular flexibility index (Phi) is 5.55. The van der Waals surface area contributed by atoms with Gasteiger partial charge in [0.2, 0.25) is 0 Å². The van der Waals surface area contributed by atoms with Crippen molar-refractivity contribution in [1.82, 2.24) is 19.9 Å². The highest BCUT2D eigenvalue weighted by atomic mass is 16.5. The summed E-state index contributed by atoms with van der Waals surface area (Å²) in [5.74, 6) is 1.46. The van der Waals surface area contributed by atoms with Crippen molar-refractivity contribution < 1.29 is 4.74 Å². The Hall–Kier alpha value is -1.88. The fourth-order valence-electron chi connectivity index (χ4n) is 1.78. The first-order chi connectivity index (χ1) is 9.74. The largest absolute Gasteiger partial charge is 0.490 e. The highest BCUT2D eigenvalue weighted by molar-refractivity contribution is 5.19. The first-order valence-electron chi connectivity index (χ1n) is 6.98. The number of hydrogen-bond donors (Lipinski definition) is 1. The molecule has 2 rings (SSSR count). The molecular weight excluding hydrogens is 252 g/mol. The van der Waals surface area contributed by atoms with Crippen LogP contribution in [0.3, 0.4) is 0 Å². The van der Waals surface area contributed by atoms with E-state index in [-0.39, 0.29) is 0 Å². The summed E-state index contributed by atoms with van der Waals surface area (Å²) in [6, 6.07) is 3.97. The fourth-order valence-corrected chi connectivity index (χ4v) is 1.78. The number of nitrogens with zero attached hydrogens (tertiary/aromatic N) is 3. The molecule has 0 aromatic carbocycles. The van der Waals surface area contributed by atoms with Crippen LogP contribution in [0.15, 0.2) is 37.1 Å². The van der Waals surface area contributed by atoms with Crippen molar-refractivity contribution in [2.45, 2.75) is 26.9 Å². The van der Waals surface area contributed by atoms with E-state index >= 15 is 0 Å². The predicted molar refractivity (Wildman–Crippen MR) is 78.5 cm³/mol. The normalized spacial score (nSPS) is 10.9. The lowest BCUT2D eigenvalue weighted by Crippen LogP contribution is -2.19. The summed E-state index contributed by atoms with van der Waals surface area (Å²) < 4.78 is 7.63. The molecule has 0 saturated carbocycles. The maximum absolute atomic E-state index is 5.65. The van der Waals surface area contributed by atoms with Crippen molar-refractivity contribution >= 4 is 0 Å². The van der Waals surface area contributed by atoms with Gasteiger partial charge in [0.25, 0.3) is 0 Å². The molecule has 0 aliphatic heterocycles. The van der Waals surface area contributed by atoms with E-state index in [0.717, 1.165) is 31.1 Å². The van der Waals surface area contributed by atoms with Gasteiger partial charge in [-0.15, -0.1) is 0 Å². The number of pyridine rings is 1. The van der Waals surface area contributed by atoms with Crippen LogP contribution in [0, 0.1) is 5.92 Å². The zero-order valence-electron chi connectivity index (χ0n) is 12.1. The Balaban J connectivity index is 1.71. The summed E-state index contributed by atoms with van der Waals surface area (Å²) in [5, 5.41) is 3.37. The Morgan fingerprint density at radius 2 is 2.25 bits per heavy atom.